The van der Waals surface area contributed by atoms with Crippen LogP contribution in [0.25, 0.3) is 0 Å². The first kappa shape index (κ1) is 14.2. The normalized spacial score (nSPS) is 30.9. The molecule has 0 heterocycles. The predicted molar refractivity (Wildman–Crippen MR) is 79.2 cm³/mol. The Bertz CT molecular complexity index is 460. The SMILES string of the molecule is CC1CCC(Nc2ccc(Cl)cc2)(C(N)=O)C(C)C1. The summed E-state index contributed by atoms with van der Waals surface area (Å²) >= 11 is 5.88. The second-order valence-corrected chi connectivity index (χ2v) is 6.18. The highest BCUT2D eigenvalue weighted by Gasteiger charge is 2.45. The number of anilines is 1. The van der Waals surface area contributed by atoms with Gasteiger partial charge in [0.05, 0.1) is 0 Å². The highest BCUT2D eigenvalue weighted by molar-refractivity contribution is 6.30. The fourth-order valence-corrected chi connectivity index (χ4v) is 3.17. The van der Waals surface area contributed by atoms with Crippen molar-refractivity contribution in [2.24, 2.45) is 17.6 Å². The third-order valence-corrected chi connectivity index (χ3v) is 4.53. The summed E-state index contributed by atoms with van der Waals surface area (Å²) in [6.07, 6.45) is 2.82. The van der Waals surface area contributed by atoms with Crippen molar-refractivity contribution in [3.8, 4) is 0 Å². The zero-order valence-electron chi connectivity index (χ0n) is 11.4. The Morgan fingerprint density at radius 2 is 2.00 bits per heavy atom. The van der Waals surface area contributed by atoms with Gasteiger partial charge in [0.2, 0.25) is 5.91 Å². The van der Waals surface area contributed by atoms with Gasteiger partial charge in [-0.05, 0) is 55.4 Å². The van der Waals surface area contributed by atoms with Crippen molar-refractivity contribution in [3.63, 3.8) is 0 Å². The second kappa shape index (κ2) is 5.41. The van der Waals surface area contributed by atoms with Gasteiger partial charge in [-0.25, -0.2) is 0 Å². The summed E-state index contributed by atoms with van der Waals surface area (Å²) in [6, 6.07) is 7.40. The molecule has 0 bridgehead atoms. The minimum Gasteiger partial charge on any atom is -0.371 e. The molecule has 3 unspecified atom stereocenters. The summed E-state index contributed by atoms with van der Waals surface area (Å²) in [5.41, 5.74) is 5.94. The van der Waals surface area contributed by atoms with Gasteiger partial charge in [0.1, 0.15) is 5.54 Å². The number of benzene rings is 1. The smallest absolute Gasteiger partial charge is 0.243 e. The van der Waals surface area contributed by atoms with Crippen molar-refractivity contribution in [1.29, 1.82) is 0 Å². The number of hydrogen-bond donors (Lipinski definition) is 2. The topological polar surface area (TPSA) is 55.1 Å². The fraction of sp³-hybridized carbons (Fsp3) is 0.533. The number of halogens is 1. The Hall–Kier alpha value is -1.22. The van der Waals surface area contributed by atoms with Gasteiger partial charge in [0, 0.05) is 10.7 Å². The van der Waals surface area contributed by atoms with Crippen LogP contribution < -0.4 is 11.1 Å². The number of nitrogens with one attached hydrogen (secondary N) is 1. The van der Waals surface area contributed by atoms with E-state index in [-0.39, 0.29) is 11.8 Å². The summed E-state index contributed by atoms with van der Waals surface area (Å²) in [5.74, 6) is 0.612. The van der Waals surface area contributed by atoms with Gasteiger partial charge in [-0.2, -0.15) is 0 Å². The lowest BCUT2D eigenvalue weighted by Crippen LogP contribution is -2.57. The molecule has 0 aliphatic heterocycles. The van der Waals surface area contributed by atoms with Crippen LogP contribution in [-0.4, -0.2) is 11.4 Å². The molecular formula is C15H21ClN2O. The van der Waals surface area contributed by atoms with Crippen LogP contribution in [0.15, 0.2) is 24.3 Å². The second-order valence-electron chi connectivity index (χ2n) is 5.75. The van der Waals surface area contributed by atoms with Crippen LogP contribution in [0.4, 0.5) is 5.69 Å². The summed E-state index contributed by atoms with van der Waals surface area (Å²) in [7, 11) is 0. The van der Waals surface area contributed by atoms with E-state index in [2.05, 4.69) is 19.2 Å². The number of carbonyl (C=O) groups excluding carboxylic acids is 1. The lowest BCUT2D eigenvalue weighted by atomic mass is 9.69. The summed E-state index contributed by atoms with van der Waals surface area (Å²) < 4.78 is 0. The average Bonchev–Trinajstić information content (AvgIpc) is 2.35. The number of nitrogens with two attached hydrogens (primary N) is 1. The van der Waals surface area contributed by atoms with Crippen LogP contribution in [0, 0.1) is 11.8 Å². The van der Waals surface area contributed by atoms with Crippen LogP contribution in [-0.2, 0) is 4.79 Å². The molecule has 3 nitrogen and oxygen atoms in total. The molecule has 1 aliphatic rings. The molecule has 104 valence electrons. The van der Waals surface area contributed by atoms with E-state index in [1.54, 1.807) is 0 Å². The van der Waals surface area contributed by atoms with Crippen molar-refractivity contribution < 1.29 is 4.79 Å². The number of rotatable bonds is 3. The molecule has 19 heavy (non-hydrogen) atoms. The number of hydrogen-bond acceptors (Lipinski definition) is 2. The van der Waals surface area contributed by atoms with Gasteiger partial charge in [-0.1, -0.05) is 25.4 Å². The van der Waals surface area contributed by atoms with Crippen molar-refractivity contribution >= 4 is 23.2 Å². The molecule has 2 rings (SSSR count). The lowest BCUT2D eigenvalue weighted by molar-refractivity contribution is -0.125. The van der Waals surface area contributed by atoms with E-state index in [0.29, 0.717) is 10.9 Å². The van der Waals surface area contributed by atoms with Crippen LogP contribution in [0.2, 0.25) is 5.02 Å². The van der Waals surface area contributed by atoms with Crippen molar-refractivity contribution in [2.75, 3.05) is 5.32 Å². The Balaban J connectivity index is 2.25. The number of amides is 1. The number of carbonyl (C=O) groups is 1. The van der Waals surface area contributed by atoms with Gasteiger partial charge in [0.15, 0.2) is 0 Å². The standard InChI is InChI=1S/C15H21ClN2O/c1-10-7-8-15(14(17)19,11(2)9-10)18-13-5-3-12(16)4-6-13/h3-6,10-11,18H,7-9H2,1-2H3,(H2,17,19). The largest absolute Gasteiger partial charge is 0.371 e. The molecule has 1 aromatic rings. The monoisotopic (exact) mass is 280 g/mol. The highest BCUT2D eigenvalue weighted by Crippen LogP contribution is 2.39. The molecule has 3 atom stereocenters. The van der Waals surface area contributed by atoms with Gasteiger partial charge in [-0.3, -0.25) is 4.79 Å². The van der Waals surface area contributed by atoms with Crippen LogP contribution in [0.3, 0.4) is 0 Å². The molecule has 4 heteroatoms. The first-order chi connectivity index (χ1) is 8.94. The lowest BCUT2D eigenvalue weighted by Gasteiger charge is -2.43. The molecule has 1 aromatic carbocycles. The third kappa shape index (κ3) is 2.86. The van der Waals surface area contributed by atoms with E-state index in [4.69, 9.17) is 17.3 Å². The van der Waals surface area contributed by atoms with E-state index in [0.717, 1.165) is 24.9 Å². The van der Waals surface area contributed by atoms with E-state index >= 15 is 0 Å². The summed E-state index contributed by atoms with van der Waals surface area (Å²) in [5, 5.41) is 4.04. The molecule has 0 aromatic heterocycles. The third-order valence-electron chi connectivity index (χ3n) is 4.28. The Morgan fingerprint density at radius 1 is 1.37 bits per heavy atom. The minimum absolute atomic E-state index is 0.226. The van der Waals surface area contributed by atoms with Gasteiger partial charge in [-0.15, -0.1) is 0 Å². The molecule has 0 saturated heterocycles. The summed E-state index contributed by atoms with van der Waals surface area (Å²) in [6.45, 7) is 4.33. The highest BCUT2D eigenvalue weighted by atomic mass is 35.5. The molecule has 0 radical (unpaired) electrons. The van der Waals surface area contributed by atoms with Crippen LogP contribution in [0.1, 0.15) is 33.1 Å². The minimum atomic E-state index is -0.639. The average molecular weight is 281 g/mol. The maximum Gasteiger partial charge on any atom is 0.243 e. The Kier molecular flexibility index (Phi) is 4.04. The molecule has 1 aliphatic carbocycles. The van der Waals surface area contributed by atoms with E-state index in [9.17, 15) is 4.79 Å². The first-order valence-electron chi connectivity index (χ1n) is 6.77. The molecule has 1 fully saturated rings. The molecular weight excluding hydrogens is 260 g/mol. The Labute approximate surface area is 119 Å². The summed E-state index contributed by atoms with van der Waals surface area (Å²) in [4.78, 5) is 12.0. The van der Waals surface area contributed by atoms with Crippen LogP contribution >= 0.6 is 11.6 Å². The quantitative estimate of drug-likeness (QED) is 0.891. The van der Waals surface area contributed by atoms with E-state index in [1.165, 1.54) is 0 Å². The maximum absolute atomic E-state index is 12.0. The van der Waals surface area contributed by atoms with Crippen molar-refractivity contribution in [1.82, 2.24) is 0 Å². The van der Waals surface area contributed by atoms with Gasteiger partial charge >= 0.3 is 0 Å². The fourth-order valence-electron chi connectivity index (χ4n) is 3.05. The molecule has 1 saturated carbocycles. The maximum atomic E-state index is 12.0. The Morgan fingerprint density at radius 3 is 2.53 bits per heavy atom. The predicted octanol–water partition coefficient (Wildman–Crippen LogP) is 3.43. The van der Waals surface area contributed by atoms with Crippen molar-refractivity contribution in [3.05, 3.63) is 29.3 Å². The molecule has 3 N–H and O–H groups in total. The van der Waals surface area contributed by atoms with Crippen molar-refractivity contribution in [2.45, 2.75) is 38.6 Å². The molecule has 0 spiro atoms. The zero-order chi connectivity index (χ0) is 14.0. The zero-order valence-corrected chi connectivity index (χ0v) is 12.2. The van der Waals surface area contributed by atoms with E-state index < -0.39 is 5.54 Å². The van der Waals surface area contributed by atoms with E-state index in [1.807, 2.05) is 24.3 Å². The van der Waals surface area contributed by atoms with Gasteiger partial charge in [0.25, 0.3) is 0 Å². The van der Waals surface area contributed by atoms with Crippen LogP contribution in [0.5, 0.6) is 0 Å². The first-order valence-corrected chi connectivity index (χ1v) is 7.15. The number of primary amides is 1. The van der Waals surface area contributed by atoms with Gasteiger partial charge < -0.3 is 11.1 Å². The molecule has 1 amide bonds.